The lowest BCUT2D eigenvalue weighted by atomic mass is 10.1. The van der Waals surface area contributed by atoms with Crippen LogP contribution in [0.1, 0.15) is 21.5 Å². The van der Waals surface area contributed by atoms with Crippen LogP contribution in [0.25, 0.3) is 10.9 Å². The molecular formula is C23H19ClN4O5S. The fourth-order valence-corrected chi connectivity index (χ4v) is 4.42. The molecule has 1 aromatic heterocycles. The van der Waals surface area contributed by atoms with Crippen LogP contribution in [-0.2, 0) is 21.5 Å². The molecule has 0 spiro atoms. The predicted octanol–water partition coefficient (Wildman–Crippen LogP) is 3.68. The van der Waals surface area contributed by atoms with Gasteiger partial charge in [0.2, 0.25) is 0 Å². The standard InChI is InChI=1S/C23H19ClN4O5S/c1-14-7-8-16(11-15(14)2)26-34(31,32)17-9-10-20(24)19(12-17)23(30)33-13-28-22(29)18-5-3-4-6-21(18)25-27-28/h3-12,26H,13H2,1-2H3. The van der Waals surface area contributed by atoms with Crippen LogP contribution < -0.4 is 10.3 Å². The van der Waals surface area contributed by atoms with Gasteiger partial charge in [-0.25, -0.2) is 13.2 Å². The van der Waals surface area contributed by atoms with E-state index in [1.807, 2.05) is 13.8 Å². The smallest absolute Gasteiger partial charge is 0.341 e. The molecule has 0 aliphatic rings. The molecule has 4 rings (SSSR count). The van der Waals surface area contributed by atoms with Crippen molar-refractivity contribution in [1.82, 2.24) is 15.0 Å². The van der Waals surface area contributed by atoms with E-state index in [1.54, 1.807) is 42.5 Å². The number of fused-ring (bicyclic) bond motifs is 1. The van der Waals surface area contributed by atoms with Crippen LogP contribution in [0.4, 0.5) is 5.69 Å². The third-order valence-corrected chi connectivity index (χ3v) is 6.88. The number of aryl methyl sites for hydroxylation is 2. The summed E-state index contributed by atoms with van der Waals surface area (Å²) in [6.45, 7) is 3.26. The third kappa shape index (κ3) is 4.78. The first-order valence-electron chi connectivity index (χ1n) is 10.0. The number of anilines is 1. The maximum Gasteiger partial charge on any atom is 0.341 e. The van der Waals surface area contributed by atoms with Crippen LogP contribution >= 0.6 is 11.6 Å². The number of ether oxygens (including phenoxy) is 1. The Morgan fingerprint density at radius 1 is 1.06 bits per heavy atom. The van der Waals surface area contributed by atoms with Gasteiger partial charge >= 0.3 is 5.97 Å². The van der Waals surface area contributed by atoms with Gasteiger partial charge in [0.15, 0.2) is 6.73 Å². The highest BCUT2D eigenvalue weighted by Gasteiger charge is 2.20. The predicted molar refractivity (Wildman–Crippen MR) is 127 cm³/mol. The van der Waals surface area contributed by atoms with Crippen LogP contribution in [0, 0.1) is 13.8 Å². The van der Waals surface area contributed by atoms with Gasteiger partial charge in [0.25, 0.3) is 15.6 Å². The second kappa shape index (κ2) is 9.24. The Kier molecular flexibility index (Phi) is 6.36. The van der Waals surface area contributed by atoms with Gasteiger partial charge in [-0.3, -0.25) is 9.52 Å². The summed E-state index contributed by atoms with van der Waals surface area (Å²) in [5, 5.41) is 7.97. The number of aromatic nitrogens is 3. The summed E-state index contributed by atoms with van der Waals surface area (Å²) in [5.74, 6) is -0.921. The van der Waals surface area contributed by atoms with E-state index in [2.05, 4.69) is 15.0 Å². The van der Waals surface area contributed by atoms with E-state index in [9.17, 15) is 18.0 Å². The monoisotopic (exact) mass is 498 g/mol. The van der Waals surface area contributed by atoms with Crippen LogP contribution in [0.5, 0.6) is 0 Å². The number of halogens is 1. The van der Waals surface area contributed by atoms with Gasteiger partial charge in [-0.15, -0.1) is 5.10 Å². The fraction of sp³-hybridized carbons (Fsp3) is 0.130. The van der Waals surface area contributed by atoms with Gasteiger partial charge in [-0.1, -0.05) is 35.0 Å². The average molecular weight is 499 g/mol. The highest BCUT2D eigenvalue weighted by Crippen LogP contribution is 2.24. The fourth-order valence-electron chi connectivity index (χ4n) is 3.15. The number of nitrogens with one attached hydrogen (secondary N) is 1. The SMILES string of the molecule is Cc1ccc(NS(=O)(=O)c2ccc(Cl)c(C(=O)OCn3nnc4ccccc4c3=O)c2)cc1C. The molecule has 1 N–H and O–H groups in total. The van der Waals surface area contributed by atoms with E-state index in [-0.39, 0.29) is 15.5 Å². The number of benzene rings is 3. The van der Waals surface area contributed by atoms with Crippen molar-refractivity contribution in [3.05, 3.63) is 92.7 Å². The second-order valence-corrected chi connectivity index (χ2v) is 9.61. The Hall–Kier alpha value is -3.76. The largest absolute Gasteiger partial charge is 0.438 e. The molecule has 0 aliphatic heterocycles. The lowest BCUT2D eigenvalue weighted by Gasteiger charge is -2.12. The molecule has 0 atom stereocenters. The molecule has 0 radical (unpaired) electrons. The van der Waals surface area contributed by atoms with Crippen molar-refractivity contribution in [2.45, 2.75) is 25.5 Å². The molecule has 1 heterocycles. The Bertz CT molecular complexity index is 1580. The molecule has 9 nitrogen and oxygen atoms in total. The molecule has 0 saturated heterocycles. The van der Waals surface area contributed by atoms with Crippen molar-refractivity contribution in [2.24, 2.45) is 0 Å². The van der Waals surface area contributed by atoms with Crippen molar-refractivity contribution in [1.29, 1.82) is 0 Å². The Morgan fingerprint density at radius 2 is 1.82 bits per heavy atom. The maximum atomic E-state index is 12.9. The summed E-state index contributed by atoms with van der Waals surface area (Å²) in [4.78, 5) is 25.0. The molecular weight excluding hydrogens is 480 g/mol. The summed E-state index contributed by atoms with van der Waals surface area (Å²) in [5.41, 5.74) is 2.08. The van der Waals surface area contributed by atoms with E-state index in [4.69, 9.17) is 16.3 Å². The minimum atomic E-state index is -4.01. The zero-order chi connectivity index (χ0) is 24.5. The van der Waals surface area contributed by atoms with Crippen molar-refractivity contribution < 1.29 is 17.9 Å². The van der Waals surface area contributed by atoms with Crippen molar-refractivity contribution in [3.63, 3.8) is 0 Å². The molecule has 0 fully saturated rings. The first-order chi connectivity index (χ1) is 16.2. The number of hydrogen-bond acceptors (Lipinski definition) is 7. The molecule has 174 valence electrons. The Morgan fingerprint density at radius 3 is 2.59 bits per heavy atom. The third-order valence-electron chi connectivity index (χ3n) is 5.17. The Balaban J connectivity index is 1.55. The first-order valence-corrected chi connectivity index (χ1v) is 11.9. The lowest BCUT2D eigenvalue weighted by Crippen LogP contribution is -2.26. The normalized spacial score (nSPS) is 11.4. The molecule has 3 aromatic carbocycles. The van der Waals surface area contributed by atoms with Crippen LogP contribution in [0.3, 0.4) is 0 Å². The van der Waals surface area contributed by atoms with E-state index in [0.29, 0.717) is 16.6 Å². The summed E-state index contributed by atoms with van der Waals surface area (Å²) in [6, 6.07) is 15.5. The molecule has 0 unspecified atom stereocenters. The van der Waals surface area contributed by atoms with Gasteiger partial charge in [-0.2, -0.15) is 4.68 Å². The molecule has 11 heteroatoms. The number of carbonyl (C=O) groups excluding carboxylic acids is 1. The summed E-state index contributed by atoms with van der Waals surface area (Å²) >= 11 is 6.12. The minimum Gasteiger partial charge on any atom is -0.438 e. The quantitative estimate of drug-likeness (QED) is 0.402. The molecule has 34 heavy (non-hydrogen) atoms. The number of hydrogen-bond donors (Lipinski definition) is 1. The lowest BCUT2D eigenvalue weighted by molar-refractivity contribution is 0.0336. The van der Waals surface area contributed by atoms with Crippen molar-refractivity contribution in [3.8, 4) is 0 Å². The van der Waals surface area contributed by atoms with Crippen molar-refractivity contribution >= 4 is 44.2 Å². The molecule has 0 amide bonds. The Labute approximate surface area is 200 Å². The molecule has 0 aliphatic carbocycles. The van der Waals surface area contributed by atoms with Crippen LogP contribution in [-0.4, -0.2) is 29.4 Å². The topological polar surface area (TPSA) is 120 Å². The molecule has 4 aromatic rings. The van der Waals surface area contributed by atoms with E-state index < -0.39 is 28.3 Å². The number of nitrogens with zero attached hydrogens (tertiary/aromatic N) is 3. The molecule has 0 saturated carbocycles. The van der Waals surface area contributed by atoms with E-state index in [1.165, 1.54) is 12.1 Å². The number of sulfonamides is 1. The van der Waals surface area contributed by atoms with Crippen LogP contribution in [0.2, 0.25) is 5.02 Å². The summed E-state index contributed by atoms with van der Waals surface area (Å²) in [7, 11) is -4.01. The van der Waals surface area contributed by atoms with Gasteiger partial charge in [-0.05, 0) is 67.4 Å². The maximum absolute atomic E-state index is 12.9. The minimum absolute atomic E-state index is 0.00734. The van der Waals surface area contributed by atoms with Crippen LogP contribution in [0.15, 0.2) is 70.4 Å². The van der Waals surface area contributed by atoms with E-state index >= 15 is 0 Å². The van der Waals surface area contributed by atoms with Gasteiger partial charge in [0, 0.05) is 5.69 Å². The highest BCUT2D eigenvalue weighted by molar-refractivity contribution is 7.92. The second-order valence-electron chi connectivity index (χ2n) is 7.52. The number of esters is 1. The summed E-state index contributed by atoms with van der Waals surface area (Å²) in [6.07, 6.45) is 0. The zero-order valence-corrected chi connectivity index (χ0v) is 19.7. The molecule has 0 bridgehead atoms. The van der Waals surface area contributed by atoms with Gasteiger partial charge < -0.3 is 4.74 Å². The number of carbonyl (C=O) groups is 1. The highest BCUT2D eigenvalue weighted by atomic mass is 35.5. The van der Waals surface area contributed by atoms with Gasteiger partial charge in [0.05, 0.1) is 20.9 Å². The average Bonchev–Trinajstić information content (AvgIpc) is 2.81. The first kappa shape index (κ1) is 23.4. The summed E-state index contributed by atoms with van der Waals surface area (Å²) < 4.78 is 34.3. The number of rotatable bonds is 6. The zero-order valence-electron chi connectivity index (χ0n) is 18.1. The van der Waals surface area contributed by atoms with Gasteiger partial charge in [0.1, 0.15) is 5.52 Å². The van der Waals surface area contributed by atoms with E-state index in [0.717, 1.165) is 21.9 Å². The van der Waals surface area contributed by atoms with Crippen molar-refractivity contribution in [2.75, 3.05) is 4.72 Å².